The molecule has 134 valence electrons. The number of rotatable bonds is 3. The Balaban J connectivity index is 1.70. The van der Waals surface area contributed by atoms with Gasteiger partial charge in [0.2, 0.25) is 10.0 Å². The second-order valence-corrected chi connectivity index (χ2v) is 8.43. The van der Waals surface area contributed by atoms with Crippen LogP contribution in [-0.2, 0) is 10.0 Å². The maximum Gasteiger partial charge on any atom is 0.244 e. The predicted molar refractivity (Wildman–Crippen MR) is 106 cm³/mol. The van der Waals surface area contributed by atoms with Crippen LogP contribution < -0.4 is 0 Å². The first-order chi connectivity index (χ1) is 13.1. The summed E-state index contributed by atoms with van der Waals surface area (Å²) in [5.74, 6) is 6.27. The van der Waals surface area contributed by atoms with E-state index in [-0.39, 0.29) is 12.1 Å². The van der Waals surface area contributed by atoms with Gasteiger partial charge in [-0.1, -0.05) is 78.1 Å². The summed E-state index contributed by atoms with van der Waals surface area (Å²) in [4.78, 5) is 0.304. The largest absolute Gasteiger partial charge is 0.244 e. The van der Waals surface area contributed by atoms with Crippen molar-refractivity contribution < 1.29 is 8.42 Å². The lowest BCUT2D eigenvalue weighted by Gasteiger charge is -2.06. The molecule has 3 atom stereocenters. The maximum atomic E-state index is 13.2. The molecule has 1 fully saturated rings. The van der Waals surface area contributed by atoms with E-state index in [2.05, 4.69) is 11.8 Å². The van der Waals surface area contributed by atoms with Crippen LogP contribution in [0.2, 0.25) is 0 Å². The highest BCUT2D eigenvalue weighted by Gasteiger charge is 2.55. The van der Waals surface area contributed by atoms with Crippen molar-refractivity contribution >= 4 is 10.0 Å². The maximum absolute atomic E-state index is 13.2. The molecule has 3 aromatic rings. The van der Waals surface area contributed by atoms with E-state index in [4.69, 9.17) is 0 Å². The van der Waals surface area contributed by atoms with Crippen molar-refractivity contribution in [2.24, 2.45) is 0 Å². The molecule has 4 heteroatoms. The predicted octanol–water partition coefficient (Wildman–Crippen LogP) is 4.16. The summed E-state index contributed by atoms with van der Waals surface area (Å²) >= 11 is 0. The Morgan fingerprint density at radius 2 is 1.41 bits per heavy atom. The molecule has 1 unspecified atom stereocenters. The van der Waals surface area contributed by atoms with Gasteiger partial charge in [-0.2, -0.15) is 4.31 Å². The van der Waals surface area contributed by atoms with Crippen molar-refractivity contribution in [3.8, 4) is 11.8 Å². The van der Waals surface area contributed by atoms with Gasteiger partial charge in [-0.25, -0.2) is 8.42 Å². The van der Waals surface area contributed by atoms with Crippen LogP contribution in [0, 0.1) is 18.8 Å². The van der Waals surface area contributed by atoms with Crippen molar-refractivity contribution in [2.75, 3.05) is 0 Å². The first kappa shape index (κ1) is 17.5. The Kier molecular flexibility index (Phi) is 4.57. The van der Waals surface area contributed by atoms with Gasteiger partial charge < -0.3 is 0 Å². The normalized spacial score (nSPS) is 21.1. The minimum Gasteiger partial charge on any atom is -0.207 e. The van der Waals surface area contributed by atoms with E-state index in [9.17, 15) is 8.42 Å². The fourth-order valence-electron chi connectivity index (χ4n) is 3.14. The van der Waals surface area contributed by atoms with Crippen LogP contribution in [0.25, 0.3) is 0 Å². The molecule has 4 rings (SSSR count). The number of sulfonamides is 1. The number of nitrogens with zero attached hydrogens (tertiary/aromatic N) is 1. The van der Waals surface area contributed by atoms with Crippen molar-refractivity contribution in [2.45, 2.75) is 23.9 Å². The third-order valence-electron chi connectivity index (χ3n) is 4.63. The standard InChI is InChI=1S/C23H19NO2S/c1-18-12-15-21(16-13-18)27(25,26)24-22(17-14-19-8-4-2-5-9-19)23(24)20-10-6-3-7-11-20/h2-13,15-16,22-23H,1H3/t22-,23+,24?/m1/s1. The minimum absolute atomic E-state index is 0.256. The highest BCUT2D eigenvalue weighted by molar-refractivity contribution is 7.89. The van der Waals surface area contributed by atoms with Crippen LogP contribution >= 0.6 is 0 Å². The summed E-state index contributed by atoms with van der Waals surface area (Å²) < 4.78 is 27.8. The van der Waals surface area contributed by atoms with E-state index in [0.29, 0.717) is 4.90 Å². The average Bonchev–Trinajstić information content (AvgIpc) is 3.44. The summed E-state index contributed by atoms with van der Waals surface area (Å²) in [5.41, 5.74) is 2.87. The minimum atomic E-state index is -3.60. The van der Waals surface area contributed by atoms with Crippen LogP contribution in [0.3, 0.4) is 0 Å². The van der Waals surface area contributed by atoms with Crippen molar-refractivity contribution in [1.29, 1.82) is 0 Å². The second kappa shape index (κ2) is 7.03. The first-order valence-electron chi connectivity index (χ1n) is 8.79. The van der Waals surface area contributed by atoms with E-state index < -0.39 is 10.0 Å². The fraction of sp³-hybridized carbons (Fsp3) is 0.130. The quantitative estimate of drug-likeness (QED) is 0.511. The van der Waals surface area contributed by atoms with E-state index >= 15 is 0 Å². The molecule has 0 saturated carbocycles. The van der Waals surface area contributed by atoms with Gasteiger partial charge in [-0.05, 0) is 36.8 Å². The summed E-state index contributed by atoms with van der Waals surface area (Å²) in [6.07, 6.45) is 0. The lowest BCUT2D eigenvalue weighted by molar-refractivity contribution is 0.551. The highest BCUT2D eigenvalue weighted by Crippen LogP contribution is 2.47. The average molecular weight is 373 g/mol. The zero-order valence-electron chi connectivity index (χ0n) is 14.9. The number of benzene rings is 3. The van der Waals surface area contributed by atoms with E-state index in [1.54, 1.807) is 12.1 Å². The SMILES string of the molecule is Cc1ccc(S(=O)(=O)N2[C@H](C#Cc3ccccc3)[C@@H]2c2ccccc2)cc1. The van der Waals surface area contributed by atoms with Crippen LogP contribution in [0.5, 0.6) is 0 Å². The molecular weight excluding hydrogens is 354 g/mol. The van der Waals surface area contributed by atoms with Gasteiger partial charge in [0, 0.05) is 5.56 Å². The Morgan fingerprint density at radius 1 is 0.815 bits per heavy atom. The Bertz CT molecular complexity index is 1100. The second-order valence-electron chi connectivity index (χ2n) is 6.58. The summed E-state index contributed by atoms with van der Waals surface area (Å²) in [5, 5.41) is 0. The third-order valence-corrected chi connectivity index (χ3v) is 6.51. The van der Waals surface area contributed by atoms with Crippen LogP contribution in [0.4, 0.5) is 0 Å². The lowest BCUT2D eigenvalue weighted by Crippen LogP contribution is -2.14. The summed E-state index contributed by atoms with van der Waals surface area (Å²) in [6.45, 7) is 1.94. The Morgan fingerprint density at radius 3 is 2.04 bits per heavy atom. The summed E-state index contributed by atoms with van der Waals surface area (Å²) in [7, 11) is -3.60. The van der Waals surface area contributed by atoms with E-state index in [1.165, 1.54) is 4.31 Å². The molecule has 0 bridgehead atoms. The fourth-order valence-corrected chi connectivity index (χ4v) is 4.82. The zero-order chi connectivity index (χ0) is 18.9. The Labute approximate surface area is 160 Å². The van der Waals surface area contributed by atoms with Gasteiger partial charge in [0.25, 0.3) is 0 Å². The molecule has 3 aromatic carbocycles. The molecular formula is C23H19NO2S. The molecule has 1 aliphatic heterocycles. The smallest absolute Gasteiger partial charge is 0.207 e. The topological polar surface area (TPSA) is 37.1 Å². The van der Waals surface area contributed by atoms with Gasteiger partial charge in [0.1, 0.15) is 6.04 Å². The molecule has 0 amide bonds. The molecule has 3 nitrogen and oxygen atoms in total. The van der Waals surface area contributed by atoms with Crippen LogP contribution in [0.15, 0.2) is 89.8 Å². The molecule has 27 heavy (non-hydrogen) atoms. The molecule has 0 radical (unpaired) electrons. The van der Waals surface area contributed by atoms with E-state index in [1.807, 2.05) is 79.7 Å². The number of hydrogen-bond donors (Lipinski definition) is 0. The Hall–Kier alpha value is -2.87. The van der Waals surface area contributed by atoms with Crippen molar-refractivity contribution in [1.82, 2.24) is 4.31 Å². The van der Waals surface area contributed by atoms with Gasteiger partial charge in [0.15, 0.2) is 0 Å². The van der Waals surface area contributed by atoms with Crippen LogP contribution in [0.1, 0.15) is 22.7 Å². The zero-order valence-corrected chi connectivity index (χ0v) is 15.7. The number of aryl methyl sites for hydroxylation is 1. The van der Waals surface area contributed by atoms with Gasteiger partial charge in [-0.3, -0.25) is 0 Å². The molecule has 0 aromatic heterocycles. The molecule has 1 saturated heterocycles. The first-order valence-corrected chi connectivity index (χ1v) is 10.2. The van der Waals surface area contributed by atoms with Crippen molar-refractivity contribution in [3.63, 3.8) is 0 Å². The van der Waals surface area contributed by atoms with Gasteiger partial charge >= 0.3 is 0 Å². The third kappa shape index (κ3) is 3.52. The molecule has 1 aliphatic rings. The summed E-state index contributed by atoms with van der Waals surface area (Å²) in [6, 6.07) is 25.6. The monoisotopic (exact) mass is 373 g/mol. The highest BCUT2D eigenvalue weighted by atomic mass is 32.2. The van der Waals surface area contributed by atoms with Crippen LogP contribution in [-0.4, -0.2) is 18.8 Å². The number of hydrogen-bond acceptors (Lipinski definition) is 2. The van der Waals surface area contributed by atoms with Crippen molar-refractivity contribution in [3.05, 3.63) is 102 Å². The van der Waals surface area contributed by atoms with E-state index in [0.717, 1.165) is 16.7 Å². The molecule has 1 heterocycles. The molecule has 0 aliphatic carbocycles. The molecule has 0 N–H and O–H groups in total. The van der Waals surface area contributed by atoms with Gasteiger partial charge in [-0.15, -0.1) is 0 Å². The van der Waals surface area contributed by atoms with Gasteiger partial charge in [0.05, 0.1) is 10.9 Å². The lowest BCUT2D eigenvalue weighted by atomic mass is 10.1. The molecule has 0 spiro atoms.